The number of aromatic amines is 1. The van der Waals surface area contributed by atoms with Crippen molar-refractivity contribution in [3.8, 4) is 0 Å². The highest BCUT2D eigenvalue weighted by molar-refractivity contribution is 5.76. The zero-order valence-electron chi connectivity index (χ0n) is 9.92. The molecule has 1 N–H and O–H groups in total. The number of aldehydes is 1. The van der Waals surface area contributed by atoms with Crippen LogP contribution in [0.4, 0.5) is 0 Å². The summed E-state index contributed by atoms with van der Waals surface area (Å²) in [5, 5.41) is 0. The van der Waals surface area contributed by atoms with Crippen LogP contribution in [0, 0.1) is 0 Å². The van der Waals surface area contributed by atoms with E-state index in [-0.39, 0.29) is 12.6 Å². The molecule has 0 radical (unpaired) electrons. The molecule has 0 aliphatic rings. The molecule has 4 heteroatoms. The van der Waals surface area contributed by atoms with Gasteiger partial charge in [-0.3, -0.25) is 9.59 Å². The fourth-order valence-electron chi connectivity index (χ4n) is 1.89. The normalized spacial score (nSPS) is 10.2. The molecule has 0 saturated carbocycles. The van der Waals surface area contributed by atoms with E-state index in [9.17, 15) is 9.59 Å². The summed E-state index contributed by atoms with van der Waals surface area (Å²) in [6.07, 6.45) is 2.44. The molecule has 0 aliphatic heterocycles. The second-order valence-corrected chi connectivity index (χ2v) is 3.58. The Hall–Kier alpha value is -1.58. The van der Waals surface area contributed by atoms with Crippen molar-refractivity contribution in [1.29, 1.82) is 0 Å². The molecule has 0 atom stereocenters. The van der Waals surface area contributed by atoms with Crippen molar-refractivity contribution in [2.45, 2.75) is 40.2 Å². The van der Waals surface area contributed by atoms with Gasteiger partial charge in [-0.2, -0.15) is 0 Å². The van der Waals surface area contributed by atoms with Crippen LogP contribution < -0.4 is 0 Å². The maximum Gasteiger partial charge on any atom is 0.303 e. The van der Waals surface area contributed by atoms with E-state index in [0.29, 0.717) is 5.69 Å². The van der Waals surface area contributed by atoms with Crippen LogP contribution in [0.1, 0.15) is 48.1 Å². The first kappa shape index (κ1) is 12.5. The monoisotopic (exact) mass is 223 g/mol. The van der Waals surface area contributed by atoms with Crippen molar-refractivity contribution in [3.63, 3.8) is 0 Å². The highest BCUT2D eigenvalue weighted by Gasteiger charge is 2.14. The van der Waals surface area contributed by atoms with Gasteiger partial charge < -0.3 is 9.72 Å². The molecule has 16 heavy (non-hydrogen) atoms. The van der Waals surface area contributed by atoms with Crippen molar-refractivity contribution in [2.75, 3.05) is 0 Å². The summed E-state index contributed by atoms with van der Waals surface area (Å²) in [6.45, 7) is 5.61. The van der Waals surface area contributed by atoms with Gasteiger partial charge >= 0.3 is 5.97 Å². The molecule has 4 nitrogen and oxygen atoms in total. The summed E-state index contributed by atoms with van der Waals surface area (Å²) in [7, 11) is 0. The lowest BCUT2D eigenvalue weighted by Gasteiger charge is -2.03. The summed E-state index contributed by atoms with van der Waals surface area (Å²) < 4.78 is 4.94. The van der Waals surface area contributed by atoms with E-state index in [2.05, 4.69) is 4.98 Å². The molecule has 1 rings (SSSR count). The van der Waals surface area contributed by atoms with Gasteiger partial charge in [-0.1, -0.05) is 13.8 Å². The maximum atomic E-state index is 10.9. The number of esters is 1. The minimum Gasteiger partial charge on any atom is -0.459 e. The molecule has 0 spiro atoms. The third kappa shape index (κ3) is 2.51. The van der Waals surface area contributed by atoms with Gasteiger partial charge in [0.1, 0.15) is 6.61 Å². The second-order valence-electron chi connectivity index (χ2n) is 3.58. The number of hydrogen-bond acceptors (Lipinski definition) is 3. The fraction of sp³-hybridized carbons (Fsp3) is 0.500. The number of carbonyl (C=O) groups excluding carboxylic acids is 2. The summed E-state index contributed by atoms with van der Waals surface area (Å²) in [5.41, 5.74) is 3.55. The highest BCUT2D eigenvalue weighted by Crippen LogP contribution is 2.20. The lowest BCUT2D eigenvalue weighted by molar-refractivity contribution is -0.142. The van der Waals surface area contributed by atoms with Crippen LogP contribution in [0.3, 0.4) is 0 Å². The van der Waals surface area contributed by atoms with Crippen molar-refractivity contribution in [3.05, 3.63) is 22.5 Å². The second kappa shape index (κ2) is 5.49. The summed E-state index contributed by atoms with van der Waals surface area (Å²) >= 11 is 0. The van der Waals surface area contributed by atoms with Gasteiger partial charge in [0.2, 0.25) is 0 Å². The Morgan fingerprint density at radius 3 is 2.38 bits per heavy atom. The predicted molar refractivity (Wildman–Crippen MR) is 60.4 cm³/mol. The SMILES string of the molecule is CCc1c(C=O)[nH]c(COC(C)=O)c1CC. The molecule has 0 saturated heterocycles. The Morgan fingerprint density at radius 1 is 1.31 bits per heavy atom. The Balaban J connectivity index is 3.03. The number of H-pyrrole nitrogens is 1. The first-order valence-corrected chi connectivity index (χ1v) is 5.45. The molecule has 0 amide bonds. The van der Waals surface area contributed by atoms with Crippen molar-refractivity contribution in [1.82, 2.24) is 4.98 Å². The van der Waals surface area contributed by atoms with Gasteiger partial charge in [0.25, 0.3) is 0 Å². The molecule has 0 aliphatic carbocycles. The minimum atomic E-state index is -0.317. The maximum absolute atomic E-state index is 10.9. The van der Waals surface area contributed by atoms with Crippen LogP contribution in [-0.4, -0.2) is 17.2 Å². The average molecular weight is 223 g/mol. The molecular weight excluding hydrogens is 206 g/mol. The molecule has 0 unspecified atom stereocenters. The Bertz CT molecular complexity index is 393. The number of rotatable bonds is 5. The molecule has 1 heterocycles. The number of ether oxygens (including phenoxy) is 1. The topological polar surface area (TPSA) is 59.2 Å². The first-order chi connectivity index (χ1) is 7.63. The summed E-state index contributed by atoms with van der Waals surface area (Å²) in [5.74, 6) is -0.317. The molecule has 0 fully saturated rings. The lowest BCUT2D eigenvalue weighted by atomic mass is 10.0. The Morgan fingerprint density at radius 2 is 1.94 bits per heavy atom. The van der Waals surface area contributed by atoms with Crippen molar-refractivity contribution < 1.29 is 14.3 Å². The molecule has 1 aromatic rings. The van der Waals surface area contributed by atoms with Gasteiger partial charge in [0.05, 0.1) is 11.4 Å². The van der Waals surface area contributed by atoms with Gasteiger partial charge in [0.15, 0.2) is 6.29 Å². The lowest BCUT2D eigenvalue weighted by Crippen LogP contribution is -2.01. The van der Waals surface area contributed by atoms with Gasteiger partial charge in [0, 0.05) is 6.92 Å². The van der Waals surface area contributed by atoms with Gasteiger partial charge in [-0.15, -0.1) is 0 Å². The van der Waals surface area contributed by atoms with E-state index >= 15 is 0 Å². The van der Waals surface area contributed by atoms with E-state index in [1.165, 1.54) is 6.92 Å². The molecule has 0 aromatic carbocycles. The summed E-state index contributed by atoms with van der Waals surface area (Å²) in [6, 6.07) is 0. The smallest absolute Gasteiger partial charge is 0.303 e. The van der Waals surface area contributed by atoms with Crippen LogP contribution in [0.2, 0.25) is 0 Å². The number of aromatic nitrogens is 1. The minimum absolute atomic E-state index is 0.208. The molecular formula is C12H17NO3. The van der Waals surface area contributed by atoms with Crippen LogP contribution in [0.25, 0.3) is 0 Å². The van der Waals surface area contributed by atoms with Crippen LogP contribution in [-0.2, 0) is 29.0 Å². The largest absolute Gasteiger partial charge is 0.459 e. The summed E-state index contributed by atoms with van der Waals surface area (Å²) in [4.78, 5) is 24.6. The van der Waals surface area contributed by atoms with E-state index in [4.69, 9.17) is 4.74 Å². The number of carbonyl (C=O) groups is 2. The average Bonchev–Trinajstić information content (AvgIpc) is 2.62. The van der Waals surface area contributed by atoms with E-state index < -0.39 is 0 Å². The van der Waals surface area contributed by atoms with Crippen LogP contribution in [0.15, 0.2) is 0 Å². The van der Waals surface area contributed by atoms with E-state index in [1.807, 2.05) is 13.8 Å². The Labute approximate surface area is 95.0 Å². The van der Waals surface area contributed by atoms with E-state index in [1.54, 1.807) is 0 Å². The van der Waals surface area contributed by atoms with Gasteiger partial charge in [-0.05, 0) is 24.0 Å². The number of nitrogens with one attached hydrogen (secondary N) is 1. The third-order valence-electron chi connectivity index (χ3n) is 2.58. The molecule has 88 valence electrons. The van der Waals surface area contributed by atoms with Crippen LogP contribution in [0.5, 0.6) is 0 Å². The quantitative estimate of drug-likeness (QED) is 0.613. The third-order valence-corrected chi connectivity index (χ3v) is 2.58. The predicted octanol–water partition coefficient (Wildman–Crippen LogP) is 2.02. The van der Waals surface area contributed by atoms with E-state index in [0.717, 1.165) is 35.9 Å². The molecule has 0 bridgehead atoms. The fourth-order valence-corrected chi connectivity index (χ4v) is 1.89. The Kier molecular flexibility index (Phi) is 4.28. The first-order valence-electron chi connectivity index (χ1n) is 5.45. The van der Waals surface area contributed by atoms with Crippen molar-refractivity contribution >= 4 is 12.3 Å². The van der Waals surface area contributed by atoms with Crippen LogP contribution >= 0.6 is 0 Å². The highest BCUT2D eigenvalue weighted by atomic mass is 16.5. The van der Waals surface area contributed by atoms with Crippen molar-refractivity contribution in [2.24, 2.45) is 0 Å². The zero-order valence-corrected chi connectivity index (χ0v) is 9.92. The standard InChI is InChI=1S/C12H17NO3/c1-4-9-10(5-2)12(7-16-8(3)15)13-11(9)6-14/h6,13H,4-5,7H2,1-3H3. The molecule has 1 aromatic heterocycles. The van der Waals surface area contributed by atoms with Gasteiger partial charge in [-0.25, -0.2) is 0 Å². The zero-order chi connectivity index (χ0) is 12.1. The number of hydrogen-bond donors (Lipinski definition) is 1.